The molecule has 29 heavy (non-hydrogen) atoms. The number of hydrogen-bond acceptors (Lipinski definition) is 4. The number of carbonyl (C=O) groups is 1. The van der Waals surface area contributed by atoms with Crippen LogP contribution in [0.2, 0.25) is 0 Å². The van der Waals surface area contributed by atoms with Crippen LogP contribution in [0.25, 0.3) is 0 Å². The minimum absolute atomic E-state index is 0. The third-order valence-corrected chi connectivity index (χ3v) is 5.84. The highest BCUT2D eigenvalue weighted by Crippen LogP contribution is 2.26. The zero-order chi connectivity index (χ0) is 19.1. The molecule has 1 heterocycles. The van der Waals surface area contributed by atoms with Gasteiger partial charge >= 0.3 is 0 Å². The highest BCUT2D eigenvalue weighted by atomic mass is 35.5. The third-order valence-electron chi connectivity index (χ3n) is 5.84. The molecule has 166 valence electrons. The van der Waals surface area contributed by atoms with Gasteiger partial charge in [-0.2, -0.15) is 0 Å². The summed E-state index contributed by atoms with van der Waals surface area (Å²) in [7, 11) is 0. The number of nitrogens with zero attached hydrogens (tertiary/aromatic N) is 1. The van der Waals surface area contributed by atoms with E-state index >= 15 is 0 Å². The zero-order valence-corrected chi connectivity index (χ0v) is 19.1. The van der Waals surface area contributed by atoms with Crippen molar-refractivity contribution >= 4 is 30.7 Å². The summed E-state index contributed by atoms with van der Waals surface area (Å²) in [6.45, 7) is 6.86. The number of hydrogen-bond donors (Lipinski definition) is 2. The van der Waals surface area contributed by atoms with Crippen molar-refractivity contribution in [3.8, 4) is 0 Å². The van der Waals surface area contributed by atoms with E-state index in [2.05, 4.69) is 41.4 Å². The molecular weight excluding hydrogens is 409 g/mol. The molecule has 1 saturated heterocycles. The van der Waals surface area contributed by atoms with Crippen molar-refractivity contribution in [3.05, 3.63) is 35.4 Å². The van der Waals surface area contributed by atoms with E-state index in [0.29, 0.717) is 6.54 Å². The van der Waals surface area contributed by atoms with Crippen LogP contribution in [0.1, 0.15) is 56.6 Å². The third kappa shape index (κ3) is 8.06. The van der Waals surface area contributed by atoms with E-state index < -0.39 is 0 Å². The molecule has 1 saturated carbocycles. The Morgan fingerprint density at radius 1 is 1.14 bits per heavy atom. The van der Waals surface area contributed by atoms with Crippen LogP contribution in [-0.4, -0.2) is 42.6 Å². The fourth-order valence-electron chi connectivity index (χ4n) is 4.15. The second-order valence-electron chi connectivity index (χ2n) is 8.10. The second-order valence-corrected chi connectivity index (χ2v) is 8.10. The largest absolute Gasteiger partial charge is 0.377 e. The van der Waals surface area contributed by atoms with Gasteiger partial charge < -0.3 is 15.8 Å². The number of carbonyl (C=O) groups excluding carboxylic acids is 1. The van der Waals surface area contributed by atoms with Crippen LogP contribution in [0.15, 0.2) is 24.3 Å². The van der Waals surface area contributed by atoms with E-state index in [4.69, 9.17) is 10.5 Å². The lowest BCUT2D eigenvalue weighted by Crippen LogP contribution is -2.45. The molecule has 3 N–H and O–H groups in total. The van der Waals surface area contributed by atoms with Crippen LogP contribution in [0, 0.1) is 5.92 Å². The first kappa shape index (κ1) is 26.2. The summed E-state index contributed by atoms with van der Waals surface area (Å²) >= 11 is 0. The summed E-state index contributed by atoms with van der Waals surface area (Å²) in [5.74, 6) is 0.147. The van der Waals surface area contributed by atoms with Gasteiger partial charge in [-0.05, 0) is 62.7 Å². The number of benzene rings is 1. The average Bonchev–Trinajstić information content (AvgIpc) is 3.19. The molecule has 0 unspecified atom stereocenters. The van der Waals surface area contributed by atoms with E-state index in [-0.39, 0.29) is 48.8 Å². The number of halogens is 2. The fourth-order valence-corrected chi connectivity index (χ4v) is 4.15. The van der Waals surface area contributed by atoms with Gasteiger partial charge in [0.15, 0.2) is 0 Å². The minimum atomic E-state index is 0. The summed E-state index contributed by atoms with van der Waals surface area (Å²) in [5.41, 5.74) is 8.66. The van der Waals surface area contributed by atoms with Crippen LogP contribution in [0.5, 0.6) is 0 Å². The first-order valence-corrected chi connectivity index (χ1v) is 10.6. The number of nitrogens with two attached hydrogens (primary N) is 1. The summed E-state index contributed by atoms with van der Waals surface area (Å²) in [6.07, 6.45) is 6.08. The van der Waals surface area contributed by atoms with E-state index in [0.717, 1.165) is 44.4 Å². The molecule has 0 bridgehead atoms. The monoisotopic (exact) mass is 445 g/mol. The standard InChI is InChI=1S/C22H35N3O2.2ClH/c1-2-13-27-21-14-19(9-10-20(21)23)22(26)24-15-17-5-7-18(8-6-17)16-25-11-3-4-12-25;;/h5-8,19-21H,2-4,9-16,23H2,1H3,(H,24,26);2*1H/t19-,20+,21+;;/m0../s1. The molecule has 2 fully saturated rings. The lowest BCUT2D eigenvalue weighted by Gasteiger charge is -2.33. The van der Waals surface area contributed by atoms with Crippen molar-refractivity contribution in [3.63, 3.8) is 0 Å². The van der Waals surface area contributed by atoms with Crippen LogP contribution in [-0.2, 0) is 22.6 Å². The molecule has 1 amide bonds. The number of rotatable bonds is 8. The Bertz CT molecular complexity index is 594. The van der Waals surface area contributed by atoms with Crippen molar-refractivity contribution < 1.29 is 9.53 Å². The topological polar surface area (TPSA) is 67.6 Å². The fraction of sp³-hybridized carbons (Fsp3) is 0.682. The average molecular weight is 446 g/mol. The number of nitrogens with one attached hydrogen (secondary N) is 1. The highest BCUT2D eigenvalue weighted by molar-refractivity contribution is 5.85. The Labute approximate surface area is 187 Å². The first-order chi connectivity index (χ1) is 13.2. The van der Waals surface area contributed by atoms with Gasteiger partial charge in [0.05, 0.1) is 6.10 Å². The maximum absolute atomic E-state index is 12.6. The first-order valence-electron chi connectivity index (χ1n) is 10.6. The van der Waals surface area contributed by atoms with E-state index in [9.17, 15) is 4.79 Å². The Kier molecular flexibility index (Phi) is 12.1. The van der Waals surface area contributed by atoms with Crippen molar-refractivity contribution in [1.29, 1.82) is 0 Å². The predicted molar refractivity (Wildman–Crippen MR) is 123 cm³/mol. The Hall–Kier alpha value is -0.850. The maximum Gasteiger partial charge on any atom is 0.223 e. The molecule has 1 aromatic rings. The van der Waals surface area contributed by atoms with Gasteiger partial charge in [-0.25, -0.2) is 0 Å². The van der Waals surface area contributed by atoms with E-state index in [1.165, 1.54) is 31.5 Å². The van der Waals surface area contributed by atoms with Crippen molar-refractivity contribution in [2.45, 2.75) is 70.7 Å². The Morgan fingerprint density at radius 3 is 2.45 bits per heavy atom. The summed E-state index contributed by atoms with van der Waals surface area (Å²) in [5, 5.41) is 3.11. The Morgan fingerprint density at radius 2 is 1.79 bits per heavy atom. The number of ether oxygens (including phenoxy) is 1. The molecule has 2 aliphatic rings. The van der Waals surface area contributed by atoms with E-state index in [1.54, 1.807) is 0 Å². The van der Waals surface area contributed by atoms with Crippen molar-refractivity contribution in [1.82, 2.24) is 10.2 Å². The normalized spacial score (nSPS) is 24.4. The highest BCUT2D eigenvalue weighted by Gasteiger charge is 2.32. The Balaban J connectivity index is 0.00000210. The summed E-state index contributed by atoms with van der Waals surface area (Å²) in [4.78, 5) is 15.1. The molecule has 7 heteroatoms. The molecule has 1 aromatic carbocycles. The van der Waals surface area contributed by atoms with Gasteiger partial charge in [0.1, 0.15) is 0 Å². The quantitative estimate of drug-likeness (QED) is 0.640. The van der Waals surface area contributed by atoms with Gasteiger partial charge in [-0.15, -0.1) is 24.8 Å². The van der Waals surface area contributed by atoms with Crippen LogP contribution >= 0.6 is 24.8 Å². The number of likely N-dealkylation sites (tertiary alicyclic amines) is 1. The lowest BCUT2D eigenvalue weighted by molar-refractivity contribution is -0.128. The second kappa shape index (κ2) is 13.5. The molecule has 3 rings (SSSR count). The molecule has 1 aliphatic heterocycles. The molecule has 0 radical (unpaired) electrons. The van der Waals surface area contributed by atoms with E-state index in [1.807, 2.05) is 0 Å². The van der Waals surface area contributed by atoms with Gasteiger partial charge in [-0.1, -0.05) is 31.2 Å². The number of amides is 1. The van der Waals surface area contributed by atoms with Crippen molar-refractivity contribution in [2.24, 2.45) is 11.7 Å². The van der Waals surface area contributed by atoms with Crippen LogP contribution in [0.4, 0.5) is 0 Å². The maximum atomic E-state index is 12.6. The van der Waals surface area contributed by atoms with Gasteiger partial charge in [0, 0.05) is 31.7 Å². The molecular formula is C22H37Cl2N3O2. The zero-order valence-electron chi connectivity index (χ0n) is 17.5. The SMILES string of the molecule is CCCO[C@@H]1C[C@@H](C(=O)NCc2ccc(CN3CCCC3)cc2)CC[C@H]1N.Cl.Cl. The molecule has 0 aromatic heterocycles. The van der Waals surface area contributed by atoms with Gasteiger partial charge in [0.25, 0.3) is 0 Å². The van der Waals surface area contributed by atoms with Gasteiger partial charge in [-0.3, -0.25) is 9.69 Å². The summed E-state index contributed by atoms with van der Waals surface area (Å²) in [6, 6.07) is 8.71. The smallest absolute Gasteiger partial charge is 0.223 e. The predicted octanol–water partition coefficient (Wildman–Crippen LogP) is 3.66. The lowest BCUT2D eigenvalue weighted by atomic mass is 9.83. The molecule has 5 nitrogen and oxygen atoms in total. The summed E-state index contributed by atoms with van der Waals surface area (Å²) < 4.78 is 5.85. The molecule has 1 aliphatic carbocycles. The minimum Gasteiger partial charge on any atom is -0.377 e. The molecule has 3 atom stereocenters. The van der Waals surface area contributed by atoms with Crippen LogP contribution < -0.4 is 11.1 Å². The molecule has 0 spiro atoms. The van der Waals surface area contributed by atoms with Crippen LogP contribution in [0.3, 0.4) is 0 Å². The van der Waals surface area contributed by atoms with Crippen molar-refractivity contribution in [2.75, 3.05) is 19.7 Å². The van der Waals surface area contributed by atoms with Gasteiger partial charge in [0.2, 0.25) is 5.91 Å².